The summed E-state index contributed by atoms with van der Waals surface area (Å²) in [6, 6.07) is 1.71. The highest BCUT2D eigenvalue weighted by molar-refractivity contribution is 8.76. The van der Waals surface area contributed by atoms with E-state index in [9.17, 15) is 9.59 Å². The van der Waals surface area contributed by atoms with Crippen LogP contribution in [0.1, 0.15) is 30.8 Å². The van der Waals surface area contributed by atoms with Crippen LogP contribution >= 0.6 is 21.6 Å². The molecular formula is C13H21N3O3S2. The van der Waals surface area contributed by atoms with E-state index in [4.69, 9.17) is 5.11 Å². The number of aliphatic carboxylic acids is 1. The van der Waals surface area contributed by atoms with Crippen molar-refractivity contribution in [3.8, 4) is 0 Å². The fourth-order valence-corrected chi connectivity index (χ4v) is 3.45. The first kappa shape index (κ1) is 17.9. The molecule has 2 N–H and O–H groups in total. The van der Waals surface area contributed by atoms with Crippen LogP contribution in [0.2, 0.25) is 0 Å². The minimum Gasteiger partial charge on any atom is -0.481 e. The number of rotatable bonds is 10. The molecule has 21 heavy (non-hydrogen) atoms. The third kappa shape index (κ3) is 7.42. The smallest absolute Gasteiger partial charge is 0.304 e. The second-order valence-corrected chi connectivity index (χ2v) is 7.54. The number of carbonyl (C=O) groups excluding carboxylic acids is 1. The van der Waals surface area contributed by atoms with Gasteiger partial charge in [-0.2, -0.15) is 5.10 Å². The highest BCUT2D eigenvalue weighted by Crippen LogP contribution is 2.20. The normalized spacial score (nSPS) is 10.8. The molecule has 0 aliphatic rings. The zero-order chi connectivity index (χ0) is 15.7. The lowest BCUT2D eigenvalue weighted by atomic mass is 10.2. The number of hydrogen-bond acceptors (Lipinski definition) is 5. The van der Waals surface area contributed by atoms with E-state index in [1.807, 2.05) is 0 Å². The molecule has 118 valence electrons. The Labute approximate surface area is 132 Å². The molecule has 1 rings (SSSR count). The van der Waals surface area contributed by atoms with Gasteiger partial charge in [0.05, 0.1) is 6.42 Å². The second kappa shape index (κ2) is 9.73. The maximum atomic E-state index is 12.0. The van der Waals surface area contributed by atoms with Crippen molar-refractivity contribution in [2.24, 2.45) is 5.92 Å². The van der Waals surface area contributed by atoms with Crippen LogP contribution < -0.4 is 5.32 Å². The lowest BCUT2D eigenvalue weighted by molar-refractivity contribution is -0.136. The Morgan fingerprint density at radius 1 is 1.38 bits per heavy atom. The molecule has 1 heterocycles. The molecule has 1 aromatic heterocycles. The van der Waals surface area contributed by atoms with Gasteiger partial charge >= 0.3 is 5.97 Å². The van der Waals surface area contributed by atoms with Crippen molar-refractivity contribution in [1.82, 2.24) is 15.1 Å². The van der Waals surface area contributed by atoms with Crippen LogP contribution in [-0.2, 0) is 11.3 Å². The monoisotopic (exact) mass is 331 g/mol. The molecule has 0 fully saturated rings. The quantitative estimate of drug-likeness (QED) is 0.505. The van der Waals surface area contributed by atoms with Crippen molar-refractivity contribution in [3.05, 3.63) is 18.0 Å². The van der Waals surface area contributed by atoms with Crippen LogP contribution in [0.5, 0.6) is 0 Å². The average molecular weight is 331 g/mol. The van der Waals surface area contributed by atoms with Gasteiger partial charge in [0.25, 0.3) is 5.91 Å². The Morgan fingerprint density at radius 3 is 2.76 bits per heavy atom. The fourth-order valence-electron chi connectivity index (χ4n) is 1.56. The summed E-state index contributed by atoms with van der Waals surface area (Å²) < 4.78 is 1.72. The van der Waals surface area contributed by atoms with Crippen LogP contribution in [0.15, 0.2) is 12.3 Å². The number of nitrogens with one attached hydrogen (secondary N) is 1. The predicted molar refractivity (Wildman–Crippen MR) is 86.6 cm³/mol. The molecule has 0 unspecified atom stereocenters. The number of nitrogens with zero attached hydrogens (tertiary/aromatic N) is 2. The fraction of sp³-hybridized carbons (Fsp3) is 0.615. The van der Waals surface area contributed by atoms with Gasteiger partial charge in [0.15, 0.2) is 0 Å². The van der Waals surface area contributed by atoms with E-state index in [1.165, 1.54) is 10.8 Å². The van der Waals surface area contributed by atoms with Crippen LogP contribution in [-0.4, -0.2) is 44.8 Å². The average Bonchev–Trinajstić information content (AvgIpc) is 2.84. The van der Waals surface area contributed by atoms with Crippen molar-refractivity contribution in [2.45, 2.75) is 26.8 Å². The maximum absolute atomic E-state index is 12.0. The van der Waals surface area contributed by atoms with E-state index in [2.05, 4.69) is 24.3 Å². The minimum absolute atomic E-state index is 0.121. The third-order valence-electron chi connectivity index (χ3n) is 2.44. The molecule has 0 radical (unpaired) electrons. The van der Waals surface area contributed by atoms with Gasteiger partial charge in [-0.05, 0) is 12.0 Å². The Hall–Kier alpha value is -1.15. The van der Waals surface area contributed by atoms with Gasteiger partial charge < -0.3 is 10.4 Å². The zero-order valence-electron chi connectivity index (χ0n) is 12.2. The molecular weight excluding hydrogens is 310 g/mol. The summed E-state index contributed by atoms with van der Waals surface area (Å²) in [5.74, 6) is 0.848. The number of aromatic nitrogens is 2. The molecule has 6 nitrogen and oxygen atoms in total. The standard InChI is InChI=1S/C13H21N3O3S2/c1-10(2)9-16-11(3-5-15-16)13(19)14-6-8-21-20-7-4-12(17)18/h3,5,10H,4,6-9H2,1-2H3,(H,14,19)(H,17,18). The Balaban J connectivity index is 2.22. The Bertz CT molecular complexity index is 463. The lowest BCUT2D eigenvalue weighted by Crippen LogP contribution is -2.28. The summed E-state index contributed by atoms with van der Waals surface area (Å²) >= 11 is 0. The zero-order valence-corrected chi connectivity index (χ0v) is 13.9. The first-order chi connectivity index (χ1) is 10.0. The number of carboxylic acid groups (broad SMARTS) is 1. The summed E-state index contributed by atoms with van der Waals surface area (Å²) in [4.78, 5) is 22.3. The summed E-state index contributed by atoms with van der Waals surface area (Å²) in [6.45, 7) is 5.43. The number of carbonyl (C=O) groups is 2. The van der Waals surface area contributed by atoms with E-state index < -0.39 is 5.97 Å². The van der Waals surface area contributed by atoms with Crippen molar-refractivity contribution in [2.75, 3.05) is 18.1 Å². The van der Waals surface area contributed by atoms with Crippen molar-refractivity contribution in [3.63, 3.8) is 0 Å². The van der Waals surface area contributed by atoms with Crippen LogP contribution in [0, 0.1) is 5.92 Å². The van der Waals surface area contributed by atoms with Gasteiger partial charge in [0.1, 0.15) is 5.69 Å². The van der Waals surface area contributed by atoms with Crippen LogP contribution in [0.3, 0.4) is 0 Å². The Morgan fingerprint density at radius 2 is 2.10 bits per heavy atom. The van der Waals surface area contributed by atoms with E-state index in [-0.39, 0.29) is 12.3 Å². The molecule has 0 saturated carbocycles. The van der Waals surface area contributed by atoms with Gasteiger partial charge in [0.2, 0.25) is 0 Å². The molecule has 0 aromatic carbocycles. The molecule has 1 aromatic rings. The topological polar surface area (TPSA) is 84.2 Å². The van der Waals surface area contributed by atoms with E-state index in [0.29, 0.717) is 23.9 Å². The maximum Gasteiger partial charge on any atom is 0.304 e. The predicted octanol–water partition coefficient (Wildman–Crippen LogP) is 2.12. The molecule has 0 aliphatic carbocycles. The van der Waals surface area contributed by atoms with E-state index in [0.717, 1.165) is 12.3 Å². The van der Waals surface area contributed by atoms with Crippen molar-refractivity contribution >= 4 is 33.5 Å². The summed E-state index contributed by atoms with van der Waals surface area (Å²) in [6.07, 6.45) is 1.80. The highest BCUT2D eigenvalue weighted by atomic mass is 33.1. The van der Waals surface area contributed by atoms with Gasteiger partial charge in [0, 0.05) is 30.8 Å². The molecule has 0 spiro atoms. The van der Waals surface area contributed by atoms with Crippen molar-refractivity contribution in [1.29, 1.82) is 0 Å². The third-order valence-corrected chi connectivity index (χ3v) is 4.85. The van der Waals surface area contributed by atoms with Crippen LogP contribution in [0.4, 0.5) is 0 Å². The summed E-state index contributed by atoms with van der Waals surface area (Å²) in [5, 5.41) is 15.5. The largest absolute Gasteiger partial charge is 0.481 e. The molecule has 0 atom stereocenters. The highest BCUT2D eigenvalue weighted by Gasteiger charge is 2.12. The Kier molecular flexibility index (Phi) is 8.29. The second-order valence-electron chi connectivity index (χ2n) is 4.84. The number of hydrogen-bond donors (Lipinski definition) is 2. The summed E-state index contributed by atoms with van der Waals surface area (Å²) in [5.41, 5.74) is 0.576. The minimum atomic E-state index is -0.783. The van der Waals surface area contributed by atoms with E-state index >= 15 is 0 Å². The molecule has 0 saturated heterocycles. The summed E-state index contributed by atoms with van der Waals surface area (Å²) in [7, 11) is 3.07. The van der Waals surface area contributed by atoms with E-state index in [1.54, 1.807) is 27.7 Å². The molecule has 8 heteroatoms. The van der Waals surface area contributed by atoms with Gasteiger partial charge in [-0.1, -0.05) is 35.4 Å². The lowest BCUT2D eigenvalue weighted by Gasteiger charge is -2.10. The van der Waals surface area contributed by atoms with Gasteiger partial charge in [-0.15, -0.1) is 0 Å². The molecule has 0 aliphatic heterocycles. The number of carboxylic acids is 1. The SMILES string of the molecule is CC(C)Cn1nccc1C(=O)NCCSSCCC(=O)O. The molecule has 0 bridgehead atoms. The molecule has 1 amide bonds. The first-order valence-corrected chi connectivity index (χ1v) is 9.25. The first-order valence-electron chi connectivity index (χ1n) is 6.77. The van der Waals surface area contributed by atoms with Crippen molar-refractivity contribution < 1.29 is 14.7 Å². The van der Waals surface area contributed by atoms with Gasteiger partial charge in [-0.25, -0.2) is 0 Å². The van der Waals surface area contributed by atoms with Crippen LogP contribution in [0.25, 0.3) is 0 Å². The number of amides is 1. The van der Waals surface area contributed by atoms with Gasteiger partial charge in [-0.3, -0.25) is 14.3 Å².